The second-order valence-electron chi connectivity index (χ2n) is 9.66. The van der Waals surface area contributed by atoms with Gasteiger partial charge in [0.2, 0.25) is 5.91 Å². The quantitative estimate of drug-likeness (QED) is 0.615. The van der Waals surface area contributed by atoms with Crippen LogP contribution in [0.2, 0.25) is 0 Å². The second kappa shape index (κ2) is 9.05. The molecule has 1 unspecified atom stereocenters. The van der Waals surface area contributed by atoms with Crippen LogP contribution in [-0.2, 0) is 11.2 Å². The number of piperidine rings is 1. The molecular formula is C27H31N5O2. The standard InChI is InChI=1S/C27H31N5O2/c1-19-17-20(2)32(30-19)23-8-6-21(7-9-23)26(34)31-15-11-27(12-16-31)18-24(27)25(33)29-14-10-22-5-3-4-13-28-22/h3-9,13,17,24H,10-12,14-16,18H2,1-2H3,(H,29,33). The molecule has 7 nitrogen and oxygen atoms in total. The summed E-state index contributed by atoms with van der Waals surface area (Å²) in [4.78, 5) is 32.0. The fourth-order valence-electron chi connectivity index (χ4n) is 5.23. The number of benzene rings is 1. The van der Waals surface area contributed by atoms with Crippen LogP contribution in [-0.4, -0.2) is 51.1 Å². The van der Waals surface area contributed by atoms with Crippen molar-refractivity contribution in [1.29, 1.82) is 0 Å². The number of nitrogens with zero attached hydrogens (tertiary/aromatic N) is 4. The van der Waals surface area contributed by atoms with Crippen molar-refractivity contribution in [2.45, 2.75) is 39.5 Å². The van der Waals surface area contributed by atoms with Gasteiger partial charge in [0.05, 0.1) is 11.4 Å². The van der Waals surface area contributed by atoms with Gasteiger partial charge in [-0.25, -0.2) is 4.68 Å². The Morgan fingerprint density at radius 2 is 1.85 bits per heavy atom. The molecule has 3 aromatic rings. The highest BCUT2D eigenvalue weighted by Gasteiger charge is 2.58. The van der Waals surface area contributed by atoms with Crippen molar-refractivity contribution in [3.05, 3.63) is 77.4 Å². The molecule has 2 aromatic heterocycles. The van der Waals surface area contributed by atoms with Crippen molar-refractivity contribution in [3.8, 4) is 5.69 Å². The molecule has 7 heteroatoms. The van der Waals surface area contributed by atoms with Crippen LogP contribution < -0.4 is 5.32 Å². The first kappa shape index (κ1) is 22.3. The highest BCUT2D eigenvalue weighted by atomic mass is 16.2. The molecule has 2 aliphatic rings. The molecule has 1 N–H and O–H groups in total. The number of hydrogen-bond acceptors (Lipinski definition) is 4. The molecule has 1 atom stereocenters. The zero-order valence-corrected chi connectivity index (χ0v) is 19.8. The van der Waals surface area contributed by atoms with Gasteiger partial charge in [0.1, 0.15) is 0 Å². The molecule has 34 heavy (non-hydrogen) atoms. The average molecular weight is 458 g/mol. The van der Waals surface area contributed by atoms with Gasteiger partial charge in [-0.3, -0.25) is 14.6 Å². The van der Waals surface area contributed by atoms with Gasteiger partial charge >= 0.3 is 0 Å². The summed E-state index contributed by atoms with van der Waals surface area (Å²) in [5, 5.41) is 7.59. The number of carbonyl (C=O) groups excluding carboxylic acids is 2. The molecule has 1 aliphatic carbocycles. The summed E-state index contributed by atoms with van der Waals surface area (Å²) < 4.78 is 1.89. The maximum atomic E-state index is 13.1. The fraction of sp³-hybridized carbons (Fsp3) is 0.407. The molecule has 0 radical (unpaired) electrons. The number of amides is 2. The Hall–Kier alpha value is -3.48. The van der Waals surface area contributed by atoms with Crippen molar-refractivity contribution in [2.24, 2.45) is 11.3 Å². The minimum atomic E-state index is 0.0618. The number of aromatic nitrogens is 3. The van der Waals surface area contributed by atoms with Crippen LogP contribution in [0, 0.1) is 25.2 Å². The SMILES string of the molecule is Cc1cc(C)n(-c2ccc(C(=O)N3CCC4(CC3)CC4C(=O)NCCc3ccccn3)cc2)n1. The minimum Gasteiger partial charge on any atom is -0.355 e. The first-order valence-electron chi connectivity index (χ1n) is 12.1. The first-order chi connectivity index (χ1) is 16.4. The lowest BCUT2D eigenvalue weighted by Crippen LogP contribution is -2.40. The predicted octanol–water partition coefficient (Wildman–Crippen LogP) is 3.49. The van der Waals surface area contributed by atoms with Gasteiger partial charge in [-0.2, -0.15) is 5.10 Å². The Kier molecular flexibility index (Phi) is 5.94. The Balaban J connectivity index is 1.12. The van der Waals surface area contributed by atoms with Gasteiger partial charge in [0, 0.05) is 55.1 Å². The molecule has 1 saturated heterocycles. The van der Waals surface area contributed by atoms with Crippen molar-refractivity contribution in [2.75, 3.05) is 19.6 Å². The molecular weight excluding hydrogens is 426 g/mol. The van der Waals surface area contributed by atoms with Crippen LogP contribution >= 0.6 is 0 Å². The Labute approximate surface area is 200 Å². The van der Waals surface area contributed by atoms with Crippen LogP contribution in [0.4, 0.5) is 0 Å². The van der Waals surface area contributed by atoms with Gasteiger partial charge in [-0.05, 0) is 81.0 Å². The van der Waals surface area contributed by atoms with Crippen LogP contribution in [0.5, 0.6) is 0 Å². The number of aryl methyl sites for hydroxylation is 2. The van der Waals surface area contributed by atoms with E-state index in [2.05, 4.69) is 15.4 Å². The number of likely N-dealkylation sites (tertiary alicyclic amines) is 1. The normalized spacial score (nSPS) is 18.6. The third-order valence-electron chi connectivity index (χ3n) is 7.33. The zero-order chi connectivity index (χ0) is 23.7. The summed E-state index contributed by atoms with van der Waals surface area (Å²) in [6, 6.07) is 15.5. The smallest absolute Gasteiger partial charge is 0.253 e. The Morgan fingerprint density at radius 1 is 1.09 bits per heavy atom. The second-order valence-corrected chi connectivity index (χ2v) is 9.66. The highest BCUT2D eigenvalue weighted by Crippen LogP contribution is 2.59. The van der Waals surface area contributed by atoms with Crippen molar-refractivity contribution in [3.63, 3.8) is 0 Å². The molecule has 2 amide bonds. The van der Waals surface area contributed by atoms with E-state index in [1.165, 1.54) is 0 Å². The lowest BCUT2D eigenvalue weighted by atomic mass is 9.90. The largest absolute Gasteiger partial charge is 0.355 e. The molecule has 2 fully saturated rings. The van der Waals surface area contributed by atoms with E-state index in [4.69, 9.17) is 0 Å². The summed E-state index contributed by atoms with van der Waals surface area (Å²) in [5.74, 6) is 0.288. The number of hydrogen-bond donors (Lipinski definition) is 1. The summed E-state index contributed by atoms with van der Waals surface area (Å²) in [6.07, 6.45) is 5.23. The van der Waals surface area contributed by atoms with Crippen LogP contribution in [0.3, 0.4) is 0 Å². The average Bonchev–Trinajstić information content (AvgIpc) is 3.45. The first-order valence-corrected chi connectivity index (χ1v) is 12.1. The molecule has 1 aliphatic heterocycles. The van der Waals surface area contributed by atoms with E-state index in [-0.39, 0.29) is 23.1 Å². The third-order valence-corrected chi connectivity index (χ3v) is 7.33. The predicted molar refractivity (Wildman–Crippen MR) is 130 cm³/mol. The zero-order valence-electron chi connectivity index (χ0n) is 19.8. The van der Waals surface area contributed by atoms with E-state index in [1.54, 1.807) is 6.20 Å². The van der Waals surface area contributed by atoms with E-state index in [9.17, 15) is 9.59 Å². The van der Waals surface area contributed by atoms with Gasteiger partial charge in [0.15, 0.2) is 0 Å². The summed E-state index contributed by atoms with van der Waals surface area (Å²) >= 11 is 0. The van der Waals surface area contributed by atoms with Crippen LogP contribution in [0.1, 0.15) is 46.7 Å². The summed E-state index contributed by atoms with van der Waals surface area (Å²) in [5.41, 5.74) is 4.75. The van der Waals surface area contributed by atoms with Crippen molar-refractivity contribution < 1.29 is 9.59 Å². The van der Waals surface area contributed by atoms with E-state index >= 15 is 0 Å². The lowest BCUT2D eigenvalue weighted by Gasteiger charge is -2.33. The maximum absolute atomic E-state index is 13.1. The Morgan fingerprint density at radius 3 is 2.50 bits per heavy atom. The monoisotopic (exact) mass is 457 g/mol. The molecule has 176 valence electrons. The number of pyridine rings is 1. The summed E-state index contributed by atoms with van der Waals surface area (Å²) in [6.45, 7) is 6.02. The molecule has 1 saturated carbocycles. The topological polar surface area (TPSA) is 80.1 Å². The molecule has 3 heterocycles. The number of rotatable bonds is 6. The van der Waals surface area contributed by atoms with E-state index < -0.39 is 0 Å². The molecule has 0 bridgehead atoms. The lowest BCUT2D eigenvalue weighted by molar-refractivity contribution is -0.123. The van der Waals surface area contributed by atoms with Gasteiger partial charge in [-0.15, -0.1) is 0 Å². The third kappa shape index (κ3) is 4.47. The number of carbonyl (C=O) groups is 2. The van der Waals surface area contributed by atoms with Crippen molar-refractivity contribution in [1.82, 2.24) is 25.0 Å². The van der Waals surface area contributed by atoms with E-state index in [0.717, 1.165) is 48.5 Å². The van der Waals surface area contributed by atoms with Gasteiger partial charge < -0.3 is 10.2 Å². The summed E-state index contributed by atoms with van der Waals surface area (Å²) in [7, 11) is 0. The molecule has 1 spiro atoms. The minimum absolute atomic E-state index is 0.0618. The van der Waals surface area contributed by atoms with Crippen LogP contribution in [0.15, 0.2) is 54.7 Å². The molecule has 1 aromatic carbocycles. The number of nitrogens with one attached hydrogen (secondary N) is 1. The maximum Gasteiger partial charge on any atom is 0.253 e. The Bertz CT molecular complexity index is 1180. The van der Waals surface area contributed by atoms with Crippen LogP contribution in [0.25, 0.3) is 5.69 Å². The van der Waals surface area contributed by atoms with E-state index in [0.29, 0.717) is 25.2 Å². The van der Waals surface area contributed by atoms with Gasteiger partial charge in [0.25, 0.3) is 5.91 Å². The highest BCUT2D eigenvalue weighted by molar-refractivity contribution is 5.94. The molecule has 5 rings (SSSR count). The van der Waals surface area contributed by atoms with Crippen molar-refractivity contribution >= 4 is 11.8 Å². The van der Waals surface area contributed by atoms with Gasteiger partial charge in [-0.1, -0.05) is 6.07 Å². The van der Waals surface area contributed by atoms with E-state index in [1.807, 2.05) is 72.0 Å². The fourth-order valence-corrected chi connectivity index (χ4v) is 5.23.